The summed E-state index contributed by atoms with van der Waals surface area (Å²) >= 11 is 0. The van der Waals surface area contributed by atoms with Gasteiger partial charge in [-0.2, -0.15) is 5.10 Å². The van der Waals surface area contributed by atoms with Crippen LogP contribution in [0, 0.1) is 12.7 Å². The number of aromatic nitrogens is 5. The number of furan rings is 1. The third kappa shape index (κ3) is 3.18. The number of fused-ring (bicyclic) bond motifs is 2. The van der Waals surface area contributed by atoms with Crippen LogP contribution in [-0.4, -0.2) is 41.3 Å². The van der Waals surface area contributed by atoms with E-state index in [1.54, 1.807) is 48.5 Å². The van der Waals surface area contributed by atoms with E-state index in [1.165, 1.54) is 6.07 Å². The van der Waals surface area contributed by atoms with E-state index >= 15 is 0 Å². The third-order valence-corrected chi connectivity index (χ3v) is 6.09. The van der Waals surface area contributed by atoms with E-state index in [0.29, 0.717) is 47.0 Å². The highest BCUT2D eigenvalue weighted by molar-refractivity contribution is 5.78. The molecule has 0 radical (unpaired) electrons. The highest BCUT2D eigenvalue weighted by Gasteiger charge is 2.39. The van der Waals surface area contributed by atoms with E-state index in [0.717, 1.165) is 17.0 Å². The van der Waals surface area contributed by atoms with Gasteiger partial charge in [-0.25, -0.2) is 14.4 Å². The summed E-state index contributed by atoms with van der Waals surface area (Å²) in [7, 11) is 1.81. The molecule has 2 atom stereocenters. The molecule has 4 aromatic heterocycles. The molecule has 2 N–H and O–H groups in total. The molecule has 0 fully saturated rings. The smallest absolute Gasteiger partial charge is 0.229 e. The number of aliphatic hydroxyl groups is 1. The van der Waals surface area contributed by atoms with Gasteiger partial charge in [0.25, 0.3) is 0 Å². The molecule has 0 amide bonds. The summed E-state index contributed by atoms with van der Waals surface area (Å²) in [5.41, 5.74) is 3.41. The first-order chi connectivity index (χ1) is 16.0. The number of H-pyrrole nitrogens is 1. The maximum Gasteiger partial charge on any atom is 0.229 e. The van der Waals surface area contributed by atoms with Gasteiger partial charge in [-0.05, 0) is 25.1 Å². The third-order valence-electron chi connectivity index (χ3n) is 6.09. The minimum Gasteiger partial charge on any atom is -0.459 e. The van der Waals surface area contributed by atoms with Crippen LogP contribution in [0.15, 0.2) is 51.8 Å². The highest BCUT2D eigenvalue weighted by Crippen LogP contribution is 2.41. The molecule has 168 valence electrons. The SMILES string of the molecule is Cc1nc(-c2cnn(C)c2)oc1C(O)N1CCc2[nH]cnc2[C@H]1c1cc2c(F)cccc2o1. The minimum absolute atomic E-state index is 0.333. The molecular formula is C23H21FN6O3. The number of hydrogen-bond acceptors (Lipinski definition) is 7. The van der Waals surface area contributed by atoms with Crippen molar-refractivity contribution in [2.45, 2.75) is 25.6 Å². The molecular weight excluding hydrogens is 427 g/mol. The van der Waals surface area contributed by atoms with Gasteiger partial charge in [0.05, 0.1) is 34.9 Å². The second-order valence-electron chi connectivity index (χ2n) is 8.20. The Morgan fingerprint density at radius 2 is 2.18 bits per heavy atom. The topological polar surface area (TPSA) is 109 Å². The molecule has 0 saturated carbocycles. The number of aromatic amines is 1. The molecule has 0 saturated heterocycles. The van der Waals surface area contributed by atoms with Crippen molar-refractivity contribution in [3.63, 3.8) is 0 Å². The van der Waals surface area contributed by atoms with Crippen molar-refractivity contribution < 1.29 is 18.3 Å². The maximum atomic E-state index is 14.4. The van der Waals surface area contributed by atoms with Crippen LogP contribution in [0.4, 0.5) is 4.39 Å². The summed E-state index contributed by atoms with van der Waals surface area (Å²) in [6, 6.07) is 5.86. The molecule has 1 unspecified atom stereocenters. The molecule has 9 nitrogen and oxygen atoms in total. The summed E-state index contributed by atoms with van der Waals surface area (Å²) in [6.45, 7) is 2.29. The van der Waals surface area contributed by atoms with Gasteiger partial charge < -0.3 is 18.9 Å². The lowest BCUT2D eigenvalue weighted by Gasteiger charge is -2.36. The Bertz CT molecular complexity index is 1460. The van der Waals surface area contributed by atoms with Gasteiger partial charge in [-0.3, -0.25) is 9.58 Å². The molecule has 6 rings (SSSR count). The van der Waals surface area contributed by atoms with Crippen molar-refractivity contribution in [3.05, 3.63) is 77.4 Å². The van der Waals surface area contributed by atoms with Gasteiger partial charge in [0.1, 0.15) is 23.2 Å². The second-order valence-corrected chi connectivity index (χ2v) is 8.20. The van der Waals surface area contributed by atoms with Crippen LogP contribution in [0.3, 0.4) is 0 Å². The molecule has 0 bridgehead atoms. The molecule has 0 aliphatic carbocycles. The number of benzene rings is 1. The number of rotatable bonds is 4. The summed E-state index contributed by atoms with van der Waals surface area (Å²) in [5.74, 6) is 0.848. The number of halogens is 1. The zero-order valence-electron chi connectivity index (χ0n) is 18.0. The summed E-state index contributed by atoms with van der Waals surface area (Å²) in [5, 5.41) is 16.0. The van der Waals surface area contributed by atoms with Gasteiger partial charge in [0, 0.05) is 31.9 Å². The van der Waals surface area contributed by atoms with Crippen molar-refractivity contribution >= 4 is 11.0 Å². The average molecular weight is 448 g/mol. The zero-order chi connectivity index (χ0) is 22.7. The van der Waals surface area contributed by atoms with Crippen molar-refractivity contribution in [2.75, 3.05) is 6.54 Å². The van der Waals surface area contributed by atoms with Gasteiger partial charge in [0.15, 0.2) is 12.0 Å². The zero-order valence-corrected chi connectivity index (χ0v) is 18.0. The number of nitrogens with one attached hydrogen (secondary N) is 1. The van der Waals surface area contributed by atoms with E-state index in [2.05, 4.69) is 20.1 Å². The first-order valence-corrected chi connectivity index (χ1v) is 10.6. The number of nitrogens with zero attached hydrogens (tertiary/aromatic N) is 5. The van der Waals surface area contributed by atoms with Crippen molar-refractivity contribution in [1.82, 2.24) is 29.6 Å². The Morgan fingerprint density at radius 3 is 2.97 bits per heavy atom. The lowest BCUT2D eigenvalue weighted by molar-refractivity contribution is -0.0419. The van der Waals surface area contributed by atoms with Crippen molar-refractivity contribution in [1.29, 1.82) is 0 Å². The Labute approximate surface area is 187 Å². The van der Waals surface area contributed by atoms with E-state index in [-0.39, 0.29) is 5.82 Å². The number of aliphatic hydroxyl groups excluding tert-OH is 1. The molecule has 1 aliphatic heterocycles. The predicted octanol–water partition coefficient (Wildman–Crippen LogP) is 3.63. The van der Waals surface area contributed by atoms with Gasteiger partial charge >= 0.3 is 0 Å². The van der Waals surface area contributed by atoms with E-state index in [9.17, 15) is 9.50 Å². The van der Waals surface area contributed by atoms with Crippen LogP contribution in [0.1, 0.15) is 40.9 Å². The van der Waals surface area contributed by atoms with Crippen molar-refractivity contribution in [3.8, 4) is 11.5 Å². The standard InChI is InChI=1S/C23H21FN6O3/c1-12-21(33-22(28-12)13-9-27-29(2)10-13)23(31)30-7-6-16-19(26-11-25-16)20(30)18-8-14-15(24)4-3-5-17(14)32-18/h3-5,8-11,20,23,31H,6-7H2,1-2H3,(H,25,26)/t20-,23?/m1/s1. The molecule has 33 heavy (non-hydrogen) atoms. The largest absolute Gasteiger partial charge is 0.459 e. The van der Waals surface area contributed by atoms with Crippen molar-refractivity contribution in [2.24, 2.45) is 7.05 Å². The highest BCUT2D eigenvalue weighted by atomic mass is 19.1. The summed E-state index contributed by atoms with van der Waals surface area (Å²) in [6.07, 6.45) is 4.61. The molecule has 1 aliphatic rings. The van der Waals surface area contributed by atoms with E-state index in [4.69, 9.17) is 8.83 Å². The predicted molar refractivity (Wildman–Crippen MR) is 115 cm³/mol. The number of oxazole rings is 1. The minimum atomic E-state index is -1.11. The van der Waals surface area contributed by atoms with E-state index < -0.39 is 12.3 Å². The Kier molecular flexibility index (Phi) is 4.46. The fourth-order valence-electron chi connectivity index (χ4n) is 4.49. The summed E-state index contributed by atoms with van der Waals surface area (Å²) in [4.78, 5) is 14.0. The normalized spacial score (nSPS) is 17.5. The second kappa shape index (κ2) is 7.39. The van der Waals surface area contributed by atoms with Crippen LogP contribution in [-0.2, 0) is 13.5 Å². The monoisotopic (exact) mass is 448 g/mol. The molecule has 5 aromatic rings. The maximum absolute atomic E-state index is 14.4. The number of imidazole rings is 1. The number of hydrogen-bond donors (Lipinski definition) is 2. The van der Waals surface area contributed by atoms with Gasteiger partial charge in [-0.1, -0.05) is 6.07 Å². The quantitative estimate of drug-likeness (QED) is 0.432. The van der Waals surface area contributed by atoms with Crippen LogP contribution in [0.5, 0.6) is 0 Å². The first kappa shape index (κ1) is 19.9. The number of aryl methyl sites for hydroxylation is 2. The van der Waals surface area contributed by atoms with Gasteiger partial charge in [0.2, 0.25) is 5.89 Å². The molecule has 1 aromatic carbocycles. The van der Waals surface area contributed by atoms with Crippen LogP contribution in [0.2, 0.25) is 0 Å². The Morgan fingerprint density at radius 1 is 1.30 bits per heavy atom. The van der Waals surface area contributed by atoms with Crippen LogP contribution in [0.25, 0.3) is 22.4 Å². The molecule has 0 spiro atoms. The fraction of sp³-hybridized carbons (Fsp3) is 0.261. The first-order valence-electron chi connectivity index (χ1n) is 10.6. The Hall–Kier alpha value is -3.76. The fourth-order valence-corrected chi connectivity index (χ4v) is 4.49. The average Bonchev–Trinajstić information content (AvgIpc) is 3.58. The Balaban J connectivity index is 1.43. The summed E-state index contributed by atoms with van der Waals surface area (Å²) < 4.78 is 28.0. The van der Waals surface area contributed by atoms with Crippen LogP contribution < -0.4 is 0 Å². The lowest BCUT2D eigenvalue weighted by Crippen LogP contribution is -2.39. The van der Waals surface area contributed by atoms with E-state index in [1.807, 2.05) is 11.9 Å². The molecule has 10 heteroatoms. The van der Waals surface area contributed by atoms with Crippen LogP contribution >= 0.6 is 0 Å². The lowest BCUT2D eigenvalue weighted by atomic mass is 9.99. The van der Waals surface area contributed by atoms with Gasteiger partial charge in [-0.15, -0.1) is 0 Å². The molecule has 5 heterocycles.